The van der Waals surface area contributed by atoms with Gasteiger partial charge in [0.15, 0.2) is 0 Å². The molecule has 1 unspecified atom stereocenters. The van der Waals surface area contributed by atoms with E-state index in [9.17, 15) is 9.59 Å². The van der Waals surface area contributed by atoms with E-state index in [0.717, 1.165) is 26.2 Å². The third-order valence-electron chi connectivity index (χ3n) is 2.59. The van der Waals surface area contributed by atoms with Gasteiger partial charge in [0.25, 0.3) is 0 Å². The Morgan fingerprint density at radius 2 is 2.06 bits per heavy atom. The summed E-state index contributed by atoms with van der Waals surface area (Å²) in [5, 5.41) is 5.85. The van der Waals surface area contributed by atoms with Gasteiger partial charge in [-0.15, -0.1) is 0 Å². The van der Waals surface area contributed by atoms with Crippen molar-refractivity contribution in [1.82, 2.24) is 15.5 Å². The fraction of sp³-hybridized carbons (Fsp3) is 0.818. The van der Waals surface area contributed by atoms with Crippen LogP contribution in [0.3, 0.4) is 0 Å². The maximum Gasteiger partial charge on any atom is 0.328 e. The van der Waals surface area contributed by atoms with E-state index < -0.39 is 6.04 Å². The summed E-state index contributed by atoms with van der Waals surface area (Å²) in [6, 6.07) is -0.578. The molecular weight excluding hydrogens is 222 g/mol. The lowest BCUT2D eigenvalue weighted by molar-refractivity contribution is -0.147. The zero-order valence-corrected chi connectivity index (χ0v) is 10.5. The van der Waals surface area contributed by atoms with Crippen LogP contribution in [-0.2, 0) is 14.3 Å². The van der Waals surface area contributed by atoms with Gasteiger partial charge in [-0.05, 0) is 13.8 Å². The number of nitrogens with zero attached hydrogens (tertiary/aromatic N) is 1. The number of ether oxygens (including phenoxy) is 1. The van der Waals surface area contributed by atoms with Gasteiger partial charge in [0.2, 0.25) is 5.91 Å². The SMILES string of the molecule is CCOC(=O)C(C)NC(=O)CN1CCNCC1. The summed E-state index contributed by atoms with van der Waals surface area (Å²) >= 11 is 0. The number of hydrogen-bond donors (Lipinski definition) is 2. The van der Waals surface area contributed by atoms with Crippen LogP contribution in [0.15, 0.2) is 0 Å². The van der Waals surface area contributed by atoms with Crippen LogP contribution in [0, 0.1) is 0 Å². The Bertz CT molecular complexity index is 265. The fourth-order valence-corrected chi connectivity index (χ4v) is 1.69. The quantitative estimate of drug-likeness (QED) is 0.604. The third kappa shape index (κ3) is 5.14. The molecule has 6 nitrogen and oxygen atoms in total. The van der Waals surface area contributed by atoms with Crippen LogP contribution < -0.4 is 10.6 Å². The smallest absolute Gasteiger partial charge is 0.328 e. The van der Waals surface area contributed by atoms with Gasteiger partial charge in [0, 0.05) is 26.2 Å². The standard InChI is InChI=1S/C11H21N3O3/c1-3-17-11(16)9(2)13-10(15)8-14-6-4-12-5-7-14/h9,12H,3-8H2,1-2H3,(H,13,15). The first-order chi connectivity index (χ1) is 8.13. The van der Waals surface area contributed by atoms with E-state index in [2.05, 4.69) is 15.5 Å². The molecule has 0 bridgehead atoms. The minimum absolute atomic E-state index is 0.132. The Labute approximate surface area is 102 Å². The van der Waals surface area contributed by atoms with Crippen LogP contribution in [0.25, 0.3) is 0 Å². The molecule has 0 saturated carbocycles. The van der Waals surface area contributed by atoms with Crippen LogP contribution in [0.1, 0.15) is 13.8 Å². The third-order valence-corrected chi connectivity index (χ3v) is 2.59. The Morgan fingerprint density at radius 3 is 2.65 bits per heavy atom. The Balaban J connectivity index is 2.25. The molecular formula is C11H21N3O3. The average Bonchev–Trinajstić information content (AvgIpc) is 2.30. The van der Waals surface area contributed by atoms with E-state index in [1.54, 1.807) is 13.8 Å². The summed E-state index contributed by atoms with van der Waals surface area (Å²) in [4.78, 5) is 25.0. The molecule has 1 fully saturated rings. The van der Waals surface area contributed by atoms with Crippen molar-refractivity contribution < 1.29 is 14.3 Å². The van der Waals surface area contributed by atoms with E-state index in [4.69, 9.17) is 4.74 Å². The summed E-state index contributed by atoms with van der Waals surface area (Å²) in [7, 11) is 0. The van der Waals surface area contributed by atoms with Gasteiger partial charge in [-0.25, -0.2) is 4.79 Å². The van der Waals surface area contributed by atoms with Crippen LogP contribution in [0.4, 0.5) is 0 Å². The van der Waals surface area contributed by atoms with Gasteiger partial charge in [-0.1, -0.05) is 0 Å². The van der Waals surface area contributed by atoms with Crippen LogP contribution in [-0.4, -0.2) is 62.1 Å². The molecule has 0 aromatic heterocycles. The zero-order valence-electron chi connectivity index (χ0n) is 10.5. The first kappa shape index (κ1) is 13.9. The Hall–Kier alpha value is -1.14. The van der Waals surface area contributed by atoms with Crippen molar-refractivity contribution in [3.05, 3.63) is 0 Å². The molecule has 98 valence electrons. The Kier molecular flexibility index (Phi) is 5.93. The lowest BCUT2D eigenvalue weighted by Crippen LogP contribution is -2.49. The predicted molar refractivity (Wildman–Crippen MR) is 63.5 cm³/mol. The van der Waals surface area contributed by atoms with Gasteiger partial charge in [0.05, 0.1) is 13.2 Å². The zero-order chi connectivity index (χ0) is 12.7. The van der Waals surface area contributed by atoms with Crippen molar-refractivity contribution in [3.63, 3.8) is 0 Å². The maximum atomic E-state index is 11.6. The van der Waals surface area contributed by atoms with E-state index in [0.29, 0.717) is 13.2 Å². The van der Waals surface area contributed by atoms with Crippen molar-refractivity contribution in [2.45, 2.75) is 19.9 Å². The molecule has 1 rings (SSSR count). The largest absolute Gasteiger partial charge is 0.464 e. The molecule has 17 heavy (non-hydrogen) atoms. The summed E-state index contributed by atoms with van der Waals surface area (Å²) in [5.74, 6) is -0.520. The van der Waals surface area contributed by atoms with Gasteiger partial charge in [0.1, 0.15) is 6.04 Å². The molecule has 1 amide bonds. The monoisotopic (exact) mass is 243 g/mol. The number of piperazine rings is 1. The molecule has 1 heterocycles. The van der Waals surface area contributed by atoms with Crippen LogP contribution in [0.5, 0.6) is 0 Å². The van der Waals surface area contributed by atoms with E-state index >= 15 is 0 Å². The summed E-state index contributed by atoms with van der Waals surface area (Å²) in [6.07, 6.45) is 0. The molecule has 2 N–H and O–H groups in total. The molecule has 0 radical (unpaired) electrons. The molecule has 0 aromatic carbocycles. The number of esters is 1. The molecule has 0 spiro atoms. The topological polar surface area (TPSA) is 70.7 Å². The number of carbonyl (C=O) groups excluding carboxylic acids is 2. The number of hydrogen-bond acceptors (Lipinski definition) is 5. The van der Waals surface area contributed by atoms with E-state index in [-0.39, 0.29) is 11.9 Å². The molecule has 0 aromatic rings. The van der Waals surface area contributed by atoms with E-state index in [1.807, 2.05) is 0 Å². The molecule has 1 aliphatic rings. The lowest BCUT2D eigenvalue weighted by atomic mass is 10.3. The second-order valence-corrected chi connectivity index (χ2v) is 4.07. The fourth-order valence-electron chi connectivity index (χ4n) is 1.69. The number of carbonyl (C=O) groups is 2. The minimum atomic E-state index is -0.578. The van der Waals surface area contributed by atoms with Crippen LogP contribution >= 0.6 is 0 Å². The van der Waals surface area contributed by atoms with Crippen molar-refractivity contribution in [3.8, 4) is 0 Å². The summed E-state index contributed by atoms with van der Waals surface area (Å²) < 4.78 is 4.82. The second-order valence-electron chi connectivity index (χ2n) is 4.07. The lowest BCUT2D eigenvalue weighted by Gasteiger charge is -2.26. The number of amides is 1. The van der Waals surface area contributed by atoms with Gasteiger partial charge in [-0.2, -0.15) is 0 Å². The number of rotatable bonds is 5. The highest BCUT2D eigenvalue weighted by molar-refractivity contribution is 5.85. The van der Waals surface area contributed by atoms with Crippen molar-refractivity contribution in [2.75, 3.05) is 39.3 Å². The molecule has 0 aliphatic carbocycles. The van der Waals surface area contributed by atoms with Crippen molar-refractivity contribution in [1.29, 1.82) is 0 Å². The molecule has 1 atom stereocenters. The second kappa shape index (κ2) is 7.24. The first-order valence-electron chi connectivity index (χ1n) is 6.02. The Morgan fingerprint density at radius 1 is 1.41 bits per heavy atom. The highest BCUT2D eigenvalue weighted by Crippen LogP contribution is 1.93. The summed E-state index contributed by atoms with van der Waals surface area (Å²) in [6.45, 7) is 7.58. The molecule has 1 aliphatic heterocycles. The maximum absolute atomic E-state index is 11.6. The first-order valence-corrected chi connectivity index (χ1v) is 6.02. The molecule has 1 saturated heterocycles. The minimum Gasteiger partial charge on any atom is -0.464 e. The van der Waals surface area contributed by atoms with Gasteiger partial charge < -0.3 is 15.4 Å². The van der Waals surface area contributed by atoms with Crippen LogP contribution in [0.2, 0.25) is 0 Å². The normalized spacial score (nSPS) is 18.5. The number of nitrogens with one attached hydrogen (secondary N) is 2. The van der Waals surface area contributed by atoms with E-state index in [1.165, 1.54) is 0 Å². The highest BCUT2D eigenvalue weighted by atomic mass is 16.5. The summed E-state index contributed by atoms with van der Waals surface area (Å²) in [5.41, 5.74) is 0. The predicted octanol–water partition coefficient (Wildman–Crippen LogP) is -1.04. The van der Waals surface area contributed by atoms with Crippen molar-refractivity contribution >= 4 is 11.9 Å². The highest BCUT2D eigenvalue weighted by Gasteiger charge is 2.19. The average molecular weight is 243 g/mol. The molecule has 6 heteroatoms. The van der Waals surface area contributed by atoms with Gasteiger partial charge in [-0.3, -0.25) is 9.69 Å². The van der Waals surface area contributed by atoms with Gasteiger partial charge >= 0.3 is 5.97 Å². The van der Waals surface area contributed by atoms with Crippen molar-refractivity contribution in [2.24, 2.45) is 0 Å².